The number of sulfonamides is 1. The van der Waals surface area contributed by atoms with Gasteiger partial charge >= 0.3 is 0 Å². The molecule has 4 aromatic rings. The fraction of sp³-hybridized carbons (Fsp3) is 0.405. The van der Waals surface area contributed by atoms with Crippen molar-refractivity contribution in [1.29, 1.82) is 0 Å². The minimum Gasteiger partial charge on any atom is -0.475 e. The Kier molecular flexibility index (Phi) is 9.73. The van der Waals surface area contributed by atoms with E-state index in [0.717, 1.165) is 16.7 Å². The van der Waals surface area contributed by atoms with E-state index in [2.05, 4.69) is 40.4 Å². The molecule has 4 heterocycles. The summed E-state index contributed by atoms with van der Waals surface area (Å²) in [6.45, 7) is 13.0. The number of likely N-dealkylation sites (N-methyl/N-ethyl adjacent to an activating group) is 1. The number of hydrogen-bond acceptors (Lipinski definition) is 10. The third-order valence-electron chi connectivity index (χ3n) is 9.13. The van der Waals surface area contributed by atoms with Gasteiger partial charge in [0, 0.05) is 36.8 Å². The zero-order chi connectivity index (χ0) is 36.7. The van der Waals surface area contributed by atoms with Gasteiger partial charge in [0.05, 0.1) is 47.8 Å². The Bertz CT molecular complexity index is 2060. The van der Waals surface area contributed by atoms with Gasteiger partial charge in [0.1, 0.15) is 12.4 Å². The first kappa shape index (κ1) is 35.7. The molecular formula is C37H44N8O5S. The molecule has 0 aliphatic carbocycles. The number of nitrogens with zero attached hydrogens (tertiary/aromatic N) is 7. The zero-order valence-corrected chi connectivity index (χ0v) is 30.9. The summed E-state index contributed by atoms with van der Waals surface area (Å²) in [5.41, 5.74) is 3.71. The number of nitrogens with one attached hydrogen (secondary N) is 1. The van der Waals surface area contributed by atoms with Crippen molar-refractivity contribution in [2.24, 2.45) is 5.41 Å². The van der Waals surface area contributed by atoms with Crippen molar-refractivity contribution in [3.8, 4) is 17.1 Å². The van der Waals surface area contributed by atoms with E-state index in [1.54, 1.807) is 47.4 Å². The van der Waals surface area contributed by atoms with Crippen LogP contribution < -0.4 is 14.4 Å². The van der Waals surface area contributed by atoms with Gasteiger partial charge < -0.3 is 19.4 Å². The van der Waals surface area contributed by atoms with Crippen LogP contribution >= 0.6 is 0 Å². The molecule has 51 heavy (non-hydrogen) atoms. The highest BCUT2D eigenvalue weighted by Gasteiger charge is 2.33. The fourth-order valence-electron chi connectivity index (χ4n) is 6.66. The third-order valence-corrected chi connectivity index (χ3v) is 10.5. The van der Waals surface area contributed by atoms with Crippen LogP contribution in [0.4, 0.5) is 11.8 Å². The zero-order valence-electron chi connectivity index (χ0n) is 30.0. The van der Waals surface area contributed by atoms with E-state index in [9.17, 15) is 18.0 Å². The molecule has 6 rings (SSSR count). The van der Waals surface area contributed by atoms with Gasteiger partial charge in [-0.3, -0.25) is 14.6 Å². The maximum absolute atomic E-state index is 14.6. The molecule has 2 atom stereocenters. The van der Waals surface area contributed by atoms with Gasteiger partial charge in [-0.1, -0.05) is 45.0 Å². The van der Waals surface area contributed by atoms with Crippen molar-refractivity contribution < 1.29 is 22.7 Å². The number of aryl methyl sites for hydroxylation is 2. The smallest absolute Gasteiger partial charge is 0.264 e. The van der Waals surface area contributed by atoms with Crippen LogP contribution in [0.2, 0.25) is 0 Å². The highest BCUT2D eigenvalue weighted by molar-refractivity contribution is 7.92. The number of fused-ring (bicyclic) bond motifs is 4. The number of rotatable bonds is 5. The lowest BCUT2D eigenvalue weighted by Crippen LogP contribution is -2.54. The van der Waals surface area contributed by atoms with E-state index >= 15 is 0 Å². The van der Waals surface area contributed by atoms with Crippen molar-refractivity contribution >= 4 is 33.6 Å². The molecule has 1 N–H and O–H groups in total. The predicted octanol–water partition coefficient (Wildman–Crippen LogP) is 4.86. The summed E-state index contributed by atoms with van der Waals surface area (Å²) in [5, 5.41) is 0. The molecule has 0 spiro atoms. The summed E-state index contributed by atoms with van der Waals surface area (Å²) in [5.74, 6) is 0.139. The first-order valence-corrected chi connectivity index (χ1v) is 18.4. The average Bonchev–Trinajstić information content (AvgIpc) is 3.06. The van der Waals surface area contributed by atoms with Crippen LogP contribution in [0.5, 0.6) is 5.88 Å². The third kappa shape index (κ3) is 7.95. The van der Waals surface area contributed by atoms with Gasteiger partial charge in [0.25, 0.3) is 15.9 Å². The number of benzene rings is 2. The summed E-state index contributed by atoms with van der Waals surface area (Å²) in [4.78, 5) is 50.7. The molecule has 0 saturated carbocycles. The Morgan fingerprint density at radius 1 is 0.980 bits per heavy atom. The van der Waals surface area contributed by atoms with E-state index in [1.165, 1.54) is 12.1 Å². The SMILES string of the molecule is Cc1cccc(C)c1-c1cc2nc(n1)NS(=O)(=O)c1cccc(c1)C(=O)N(Cc1cncc(N3CC(=O)N(C)C[C@H]3C)n1)[C@H](CC(C)(C)C)CO2. The monoisotopic (exact) mass is 712 g/mol. The van der Waals surface area contributed by atoms with Crippen LogP contribution in [0, 0.1) is 19.3 Å². The number of piperazine rings is 1. The van der Waals surface area contributed by atoms with Crippen molar-refractivity contribution in [2.75, 3.05) is 36.4 Å². The van der Waals surface area contributed by atoms with Crippen molar-refractivity contribution in [3.63, 3.8) is 0 Å². The molecule has 2 aliphatic heterocycles. The predicted molar refractivity (Wildman–Crippen MR) is 194 cm³/mol. The minimum absolute atomic E-state index is 0.0101. The Morgan fingerprint density at radius 3 is 2.43 bits per heavy atom. The number of ether oxygens (including phenoxy) is 1. The lowest BCUT2D eigenvalue weighted by Gasteiger charge is -2.38. The lowest BCUT2D eigenvalue weighted by molar-refractivity contribution is -0.130. The van der Waals surface area contributed by atoms with Gasteiger partial charge in [-0.05, 0) is 61.9 Å². The Morgan fingerprint density at radius 2 is 1.71 bits per heavy atom. The average molecular weight is 713 g/mol. The molecule has 2 aliphatic rings. The van der Waals surface area contributed by atoms with Gasteiger partial charge in [-0.2, -0.15) is 4.98 Å². The number of hydrogen-bond donors (Lipinski definition) is 1. The first-order valence-electron chi connectivity index (χ1n) is 16.9. The molecule has 2 aromatic carbocycles. The van der Waals surface area contributed by atoms with Gasteiger partial charge in [-0.15, -0.1) is 0 Å². The highest BCUT2D eigenvalue weighted by atomic mass is 32.2. The Balaban J connectivity index is 1.45. The molecule has 1 saturated heterocycles. The first-order chi connectivity index (χ1) is 24.1. The highest BCUT2D eigenvalue weighted by Crippen LogP contribution is 2.32. The van der Waals surface area contributed by atoms with Crippen LogP contribution in [0.1, 0.15) is 61.3 Å². The van der Waals surface area contributed by atoms with Crippen molar-refractivity contribution in [2.45, 2.75) is 71.5 Å². The van der Waals surface area contributed by atoms with E-state index in [0.29, 0.717) is 30.2 Å². The number of anilines is 2. The van der Waals surface area contributed by atoms with Gasteiger partial charge in [0.2, 0.25) is 17.7 Å². The van der Waals surface area contributed by atoms with Gasteiger partial charge in [-0.25, -0.2) is 23.1 Å². The Hall–Kier alpha value is -5.11. The molecule has 4 bridgehead atoms. The van der Waals surface area contributed by atoms with E-state index in [-0.39, 0.29) is 59.3 Å². The van der Waals surface area contributed by atoms with E-state index < -0.39 is 22.0 Å². The maximum atomic E-state index is 14.6. The lowest BCUT2D eigenvalue weighted by atomic mass is 9.87. The summed E-state index contributed by atoms with van der Waals surface area (Å²) in [7, 11) is -2.43. The second kappa shape index (κ2) is 13.9. The van der Waals surface area contributed by atoms with Crippen LogP contribution in [0.3, 0.4) is 0 Å². The van der Waals surface area contributed by atoms with Crippen molar-refractivity contribution in [3.05, 3.63) is 83.3 Å². The molecule has 2 amide bonds. The largest absolute Gasteiger partial charge is 0.475 e. The van der Waals surface area contributed by atoms with Crippen LogP contribution in [0.25, 0.3) is 11.3 Å². The second-order valence-electron chi connectivity index (χ2n) is 14.6. The molecule has 0 radical (unpaired) electrons. The molecular weight excluding hydrogens is 669 g/mol. The van der Waals surface area contributed by atoms with Crippen LogP contribution in [-0.4, -0.2) is 88.8 Å². The standard InChI is InChI=1S/C37H44N8O5S/c1-23-10-8-11-24(2)34(23)30-15-32-41-36(40-30)42-51(48,49)29-13-9-12-26(14-29)35(47)45(28(22-50-32)16-37(4,5)6)20-27-17-38-18-31(39-27)44-21-33(46)43(7)19-25(44)3/h8-15,17-18,25,28H,16,19-22H2,1-7H3,(H,40,41,42)/t25-,28-/m1/s1. The molecule has 2 aromatic heterocycles. The van der Waals surface area contributed by atoms with Crippen LogP contribution in [-0.2, 0) is 21.4 Å². The van der Waals surface area contributed by atoms with Crippen LogP contribution in [0.15, 0.2) is 65.8 Å². The van der Waals surface area contributed by atoms with E-state index in [1.807, 2.05) is 43.9 Å². The molecule has 1 fully saturated rings. The van der Waals surface area contributed by atoms with Crippen molar-refractivity contribution in [1.82, 2.24) is 29.7 Å². The summed E-state index contributed by atoms with van der Waals surface area (Å²) >= 11 is 0. The summed E-state index contributed by atoms with van der Waals surface area (Å²) in [6.07, 6.45) is 3.76. The number of aromatic nitrogens is 4. The molecule has 0 unspecified atom stereocenters. The molecule has 14 heteroatoms. The summed E-state index contributed by atoms with van der Waals surface area (Å²) < 4.78 is 36.4. The second-order valence-corrected chi connectivity index (χ2v) is 16.3. The number of amides is 2. The quantitative estimate of drug-likeness (QED) is 0.304. The fourth-order valence-corrected chi connectivity index (χ4v) is 7.65. The topological polar surface area (TPSA) is 151 Å². The van der Waals surface area contributed by atoms with Gasteiger partial charge in [0.15, 0.2) is 0 Å². The normalized spacial score (nSPS) is 19.4. The minimum atomic E-state index is -4.21. The number of carbonyl (C=O) groups excluding carboxylic acids is 2. The molecule has 268 valence electrons. The van der Waals surface area contributed by atoms with E-state index in [4.69, 9.17) is 9.72 Å². The maximum Gasteiger partial charge on any atom is 0.264 e. The Labute approximate surface area is 299 Å². The molecule has 13 nitrogen and oxygen atoms in total. The number of carbonyl (C=O) groups is 2. The summed E-state index contributed by atoms with van der Waals surface area (Å²) in [6, 6.07) is 13.0.